The van der Waals surface area contributed by atoms with E-state index < -0.39 is 72.1 Å². The maximum atomic E-state index is 14.9. The molecule has 2 saturated heterocycles. The number of carbonyl (C=O) groups excluding carboxylic acids is 2. The Morgan fingerprint density at radius 1 is 1.16 bits per heavy atom. The lowest BCUT2D eigenvalue weighted by molar-refractivity contribution is -0.228. The largest absolute Gasteiger partial charge is 0.426 e. The van der Waals surface area contributed by atoms with Crippen LogP contribution in [0, 0.1) is 5.82 Å². The van der Waals surface area contributed by atoms with Crippen LogP contribution >= 0.6 is 0 Å². The van der Waals surface area contributed by atoms with Gasteiger partial charge in [-0.2, -0.15) is 13.2 Å². The predicted molar refractivity (Wildman–Crippen MR) is 127 cm³/mol. The summed E-state index contributed by atoms with van der Waals surface area (Å²) in [6.45, 7) is -2.45. The van der Waals surface area contributed by atoms with Gasteiger partial charge < -0.3 is 9.80 Å². The van der Waals surface area contributed by atoms with Crippen molar-refractivity contribution in [1.82, 2.24) is 9.80 Å². The van der Waals surface area contributed by atoms with Crippen LogP contribution in [0.4, 0.5) is 26.3 Å². The molecule has 1 unspecified atom stereocenters. The van der Waals surface area contributed by atoms with Crippen LogP contribution in [0.2, 0.25) is 0 Å². The molecule has 5 rings (SSSR count). The first-order valence-electron chi connectivity index (χ1n) is 13.9. The van der Waals surface area contributed by atoms with Gasteiger partial charge in [-0.15, -0.1) is 0 Å². The van der Waals surface area contributed by atoms with Crippen LogP contribution in [0.5, 0.6) is 0 Å². The van der Waals surface area contributed by atoms with Crippen molar-refractivity contribution in [1.29, 1.82) is 0 Å². The summed E-state index contributed by atoms with van der Waals surface area (Å²) < 4.78 is 106. The number of amides is 2. The Bertz CT molecular complexity index is 1360. The van der Waals surface area contributed by atoms with Gasteiger partial charge in [0, 0.05) is 35.5 Å². The van der Waals surface area contributed by atoms with Crippen molar-refractivity contribution in [3.8, 4) is 0 Å². The second kappa shape index (κ2) is 9.02. The second-order valence-corrected chi connectivity index (χ2v) is 10.6. The Hall–Kier alpha value is -3.04. The van der Waals surface area contributed by atoms with E-state index >= 15 is 0 Å². The minimum atomic E-state index is -5.14. The predicted octanol–water partition coefficient (Wildman–Crippen LogP) is 5.17. The van der Waals surface area contributed by atoms with E-state index in [9.17, 15) is 35.9 Å². The van der Waals surface area contributed by atoms with Gasteiger partial charge in [-0.3, -0.25) is 9.59 Å². The minimum Gasteiger partial charge on any atom is -0.337 e. The molecular weight excluding hydrogens is 510 g/mol. The van der Waals surface area contributed by atoms with E-state index in [0.717, 1.165) is 6.07 Å². The Balaban J connectivity index is 1.56. The number of alkyl halides is 5. The molecule has 0 radical (unpaired) electrons. The number of benzene rings is 2. The Morgan fingerprint density at radius 2 is 1.87 bits per heavy atom. The smallest absolute Gasteiger partial charge is 0.337 e. The minimum absolute atomic E-state index is 0.117. The van der Waals surface area contributed by atoms with Crippen molar-refractivity contribution < 1.29 is 40.0 Å². The average Bonchev–Trinajstić information content (AvgIpc) is 3.41. The average molecular weight is 542 g/mol. The molecule has 4 nitrogen and oxygen atoms in total. The molecule has 2 aromatic carbocycles. The number of fused-ring (bicyclic) bond motifs is 3. The van der Waals surface area contributed by atoms with Gasteiger partial charge >= 0.3 is 6.18 Å². The molecule has 5 atom stereocenters. The molecule has 10 heteroatoms. The molecule has 0 bridgehead atoms. The topological polar surface area (TPSA) is 40.6 Å². The van der Waals surface area contributed by atoms with E-state index in [0.29, 0.717) is 34.9 Å². The summed E-state index contributed by atoms with van der Waals surface area (Å²) in [6.07, 6.45) is -6.84. The first kappa shape index (κ1) is 22.9. The Morgan fingerprint density at radius 3 is 2.53 bits per heavy atom. The number of halogens is 6. The highest BCUT2D eigenvalue weighted by molar-refractivity contribution is 5.93. The highest BCUT2D eigenvalue weighted by Crippen LogP contribution is 2.51. The van der Waals surface area contributed by atoms with Crippen LogP contribution in [0.15, 0.2) is 42.5 Å². The number of aryl methyl sites for hydroxylation is 1. The lowest BCUT2D eigenvalue weighted by Crippen LogP contribution is -2.53. The lowest BCUT2D eigenvalue weighted by Gasteiger charge is -2.44. The van der Waals surface area contributed by atoms with E-state index in [1.165, 1.54) is 29.2 Å². The van der Waals surface area contributed by atoms with Gasteiger partial charge in [0.2, 0.25) is 11.6 Å². The molecule has 3 aliphatic rings. The normalized spacial score (nSPS) is 30.2. The fraction of sp³-hybridized carbons (Fsp3) is 0.500. The number of carbonyl (C=O) groups is 2. The molecule has 0 N–H and O–H groups in total. The van der Waals surface area contributed by atoms with Crippen LogP contribution in [0.1, 0.15) is 52.6 Å². The van der Waals surface area contributed by atoms with Gasteiger partial charge in [0.05, 0.1) is 0 Å². The standard InChI is InChI=1S/C28H28F6N2O2/c1-26(31,28(32,33)34)18-6-9-20-17(13-18)5-10-23-27(20,15-16-3-7-19(29)8-4-16)11-12-36(23)25(38)22-14-21(30)24(37)35(22)2/h3-4,6-9,13,21-23H,5,10-12,14-15H2,1-2H3/t21-,22-,23+,26?,27+/m0/s1/i2D3. The van der Waals surface area contributed by atoms with Gasteiger partial charge in [0.25, 0.3) is 5.91 Å². The molecule has 2 fully saturated rings. The van der Waals surface area contributed by atoms with E-state index in [4.69, 9.17) is 4.11 Å². The monoisotopic (exact) mass is 541 g/mol. The van der Waals surface area contributed by atoms with Crippen molar-refractivity contribution >= 4 is 11.8 Å². The van der Waals surface area contributed by atoms with Gasteiger partial charge in [0.15, 0.2) is 6.17 Å². The molecule has 0 spiro atoms. The second-order valence-electron chi connectivity index (χ2n) is 10.6. The third-order valence-electron chi connectivity index (χ3n) is 8.46. The lowest BCUT2D eigenvalue weighted by atomic mass is 9.63. The Kier molecular flexibility index (Phi) is 5.43. The van der Waals surface area contributed by atoms with Crippen molar-refractivity contribution in [3.05, 3.63) is 70.5 Å². The summed E-state index contributed by atoms with van der Waals surface area (Å²) in [4.78, 5) is 27.9. The van der Waals surface area contributed by atoms with Crippen molar-refractivity contribution in [2.75, 3.05) is 13.5 Å². The summed E-state index contributed by atoms with van der Waals surface area (Å²) in [6, 6.07) is 7.29. The van der Waals surface area contributed by atoms with Crippen LogP contribution in [0.25, 0.3) is 0 Å². The van der Waals surface area contributed by atoms with Crippen LogP contribution in [0.3, 0.4) is 0 Å². The highest BCUT2D eigenvalue weighted by Gasteiger charge is 2.56. The zero-order valence-electron chi connectivity index (χ0n) is 23.5. The Labute approximate surface area is 220 Å². The SMILES string of the molecule is [2H]C([2H])([2H])N1C(=O)[C@@H](F)C[C@H]1C(=O)N1CC[C@@]2(Cc3ccc(F)cc3)c3ccc(C(C)(F)C(F)(F)F)cc3CC[C@@H]12. The summed E-state index contributed by atoms with van der Waals surface area (Å²) in [5.74, 6) is -2.46. The zero-order chi connectivity index (χ0) is 30.1. The van der Waals surface area contributed by atoms with E-state index in [2.05, 4.69) is 0 Å². The quantitative estimate of drug-likeness (QED) is 0.502. The number of rotatable bonds is 4. The van der Waals surface area contributed by atoms with Gasteiger partial charge in [-0.1, -0.05) is 30.3 Å². The molecule has 204 valence electrons. The number of hydrogen-bond acceptors (Lipinski definition) is 2. The van der Waals surface area contributed by atoms with Gasteiger partial charge in [-0.25, -0.2) is 13.2 Å². The number of nitrogens with zero attached hydrogens (tertiary/aromatic N) is 2. The first-order chi connectivity index (χ1) is 19.0. The summed E-state index contributed by atoms with van der Waals surface area (Å²) in [5.41, 5.74) is -3.21. The third kappa shape index (κ3) is 4.07. The molecule has 2 heterocycles. The van der Waals surface area contributed by atoms with E-state index in [-0.39, 0.29) is 25.8 Å². The van der Waals surface area contributed by atoms with Crippen LogP contribution < -0.4 is 0 Å². The van der Waals surface area contributed by atoms with Gasteiger partial charge in [-0.05, 0) is 67.0 Å². The molecular formula is C28H28F6N2O2. The van der Waals surface area contributed by atoms with Crippen LogP contribution in [-0.4, -0.2) is 59.6 Å². The molecule has 1 aliphatic carbocycles. The fourth-order valence-electron chi connectivity index (χ4n) is 6.36. The van der Waals surface area contributed by atoms with E-state index in [1.54, 1.807) is 12.1 Å². The molecule has 38 heavy (non-hydrogen) atoms. The summed E-state index contributed by atoms with van der Waals surface area (Å²) >= 11 is 0. The summed E-state index contributed by atoms with van der Waals surface area (Å²) in [7, 11) is 0. The maximum absolute atomic E-state index is 14.9. The summed E-state index contributed by atoms with van der Waals surface area (Å²) in [5, 5.41) is 0. The van der Waals surface area contributed by atoms with Crippen molar-refractivity contribution in [2.45, 2.75) is 74.5 Å². The fourth-order valence-corrected chi connectivity index (χ4v) is 6.36. The molecule has 0 saturated carbocycles. The number of likely N-dealkylation sites (tertiary alicyclic amines) is 2. The highest BCUT2D eigenvalue weighted by atomic mass is 19.4. The van der Waals surface area contributed by atoms with Crippen molar-refractivity contribution in [3.63, 3.8) is 0 Å². The zero-order valence-corrected chi connectivity index (χ0v) is 20.5. The maximum Gasteiger partial charge on any atom is 0.426 e. The van der Waals surface area contributed by atoms with Crippen molar-refractivity contribution in [2.24, 2.45) is 0 Å². The molecule has 2 aromatic rings. The van der Waals surface area contributed by atoms with E-state index in [1.807, 2.05) is 0 Å². The van der Waals surface area contributed by atoms with Crippen LogP contribution in [-0.2, 0) is 33.5 Å². The third-order valence-corrected chi connectivity index (χ3v) is 8.46. The number of hydrogen-bond donors (Lipinski definition) is 0. The molecule has 2 aliphatic heterocycles. The molecule has 2 amide bonds. The number of likely N-dealkylation sites (N-methyl/N-ethyl adjacent to an activating group) is 1. The molecule has 0 aromatic heterocycles. The van der Waals surface area contributed by atoms with Gasteiger partial charge in [0.1, 0.15) is 11.9 Å². The first-order valence-corrected chi connectivity index (χ1v) is 12.4.